The van der Waals surface area contributed by atoms with Crippen LogP contribution in [0, 0.1) is 11.8 Å². The van der Waals surface area contributed by atoms with Gasteiger partial charge in [-0.3, -0.25) is 0 Å². The summed E-state index contributed by atoms with van der Waals surface area (Å²) in [5.41, 5.74) is -0.380. The van der Waals surface area contributed by atoms with Crippen LogP contribution in [-0.4, -0.2) is 22.2 Å². The normalized spacial score (nSPS) is 8.14. The van der Waals surface area contributed by atoms with Gasteiger partial charge in [0.2, 0.25) is 0 Å². The molecule has 1 aromatic carbocycles. The lowest BCUT2D eigenvalue weighted by Gasteiger charge is -1.98. The molecule has 1 aromatic rings. The van der Waals surface area contributed by atoms with Gasteiger partial charge in [0.1, 0.15) is 0 Å². The molecule has 0 aliphatic carbocycles. The zero-order valence-electron chi connectivity index (χ0n) is 7.04. The van der Waals surface area contributed by atoms with Crippen molar-refractivity contribution in [2.75, 3.05) is 0 Å². The maximum Gasteiger partial charge on any atom is 0.336 e. The summed E-state index contributed by atoms with van der Waals surface area (Å²) < 4.78 is 0. The molecule has 0 radical (unpaired) electrons. The van der Waals surface area contributed by atoms with E-state index in [9.17, 15) is 9.59 Å². The Labute approximate surface area is 79.8 Å². The zero-order valence-corrected chi connectivity index (χ0v) is 7.04. The molecule has 5 nitrogen and oxygen atoms in total. The van der Waals surface area contributed by atoms with E-state index in [0.29, 0.717) is 0 Å². The summed E-state index contributed by atoms with van der Waals surface area (Å²) in [6.07, 6.45) is 0. The number of rotatable bonds is 2. The minimum atomic E-state index is -1.23. The molecule has 72 valence electrons. The van der Waals surface area contributed by atoms with Crippen molar-refractivity contribution in [2.24, 2.45) is 0 Å². The van der Waals surface area contributed by atoms with Gasteiger partial charge in [0.15, 0.2) is 0 Å². The maximum atomic E-state index is 10.5. The van der Waals surface area contributed by atoms with Crippen LogP contribution in [0.3, 0.4) is 0 Å². The molecule has 0 fully saturated rings. The van der Waals surface area contributed by atoms with Crippen LogP contribution in [0.15, 0.2) is 24.3 Å². The average Bonchev–Trinajstić information content (AvgIpc) is 2.20. The van der Waals surface area contributed by atoms with Crippen molar-refractivity contribution in [3.8, 4) is 6.57 Å². The SMILES string of the molecule is C#N.O=C(O)c1ccccc1C(=O)O. The molecule has 0 heterocycles. The molecule has 5 heteroatoms. The highest BCUT2D eigenvalue weighted by atomic mass is 16.4. The average molecular weight is 193 g/mol. The zero-order chi connectivity index (χ0) is 11.1. The van der Waals surface area contributed by atoms with Crippen molar-refractivity contribution in [3.63, 3.8) is 0 Å². The predicted molar refractivity (Wildman–Crippen MR) is 47.0 cm³/mol. The van der Waals surface area contributed by atoms with Gasteiger partial charge in [-0.05, 0) is 12.1 Å². The van der Waals surface area contributed by atoms with E-state index in [2.05, 4.69) is 6.57 Å². The summed E-state index contributed by atoms with van der Waals surface area (Å²) in [6.45, 7) is 3.50. The van der Waals surface area contributed by atoms with Gasteiger partial charge in [-0.25, -0.2) is 14.9 Å². The highest BCUT2D eigenvalue weighted by molar-refractivity contribution is 6.01. The fraction of sp³-hybridized carbons (Fsp3) is 0. The van der Waals surface area contributed by atoms with Crippen LogP contribution in [0.2, 0.25) is 0 Å². The predicted octanol–water partition coefficient (Wildman–Crippen LogP) is 1.22. The second-order valence-electron chi connectivity index (χ2n) is 2.16. The first-order valence-electron chi connectivity index (χ1n) is 3.44. The van der Waals surface area contributed by atoms with Crippen LogP contribution in [0.1, 0.15) is 20.7 Å². The highest BCUT2D eigenvalue weighted by Crippen LogP contribution is 2.07. The lowest BCUT2D eigenvalue weighted by atomic mass is 10.1. The fourth-order valence-electron chi connectivity index (χ4n) is 0.856. The second kappa shape index (κ2) is 5.32. The van der Waals surface area contributed by atoms with E-state index < -0.39 is 11.9 Å². The van der Waals surface area contributed by atoms with Crippen LogP contribution in [-0.2, 0) is 0 Å². The maximum absolute atomic E-state index is 10.5. The minimum absolute atomic E-state index is 0.190. The molecule has 0 bridgehead atoms. The molecular weight excluding hydrogens is 186 g/mol. The lowest BCUT2D eigenvalue weighted by Crippen LogP contribution is -2.06. The van der Waals surface area contributed by atoms with Crippen molar-refractivity contribution >= 4 is 11.9 Å². The van der Waals surface area contributed by atoms with Gasteiger partial charge >= 0.3 is 11.9 Å². The molecule has 0 aromatic heterocycles. The number of carbonyl (C=O) groups is 2. The lowest BCUT2D eigenvalue weighted by molar-refractivity contribution is 0.0651. The van der Waals surface area contributed by atoms with Gasteiger partial charge < -0.3 is 10.2 Å². The Morgan fingerprint density at radius 2 is 1.29 bits per heavy atom. The number of benzene rings is 1. The molecule has 0 amide bonds. The first-order chi connectivity index (χ1) is 6.63. The first kappa shape index (κ1) is 11.6. The molecule has 2 N–H and O–H groups in total. The molecule has 0 atom stereocenters. The van der Waals surface area contributed by atoms with E-state index in [1.165, 1.54) is 24.3 Å². The molecule has 0 saturated heterocycles. The van der Waals surface area contributed by atoms with E-state index in [1.54, 1.807) is 0 Å². The monoisotopic (exact) mass is 193 g/mol. The number of carboxylic acids is 2. The third-order valence-electron chi connectivity index (χ3n) is 1.39. The van der Waals surface area contributed by atoms with Crippen LogP contribution in [0.25, 0.3) is 0 Å². The van der Waals surface area contributed by atoms with Gasteiger partial charge in [-0.15, -0.1) is 0 Å². The van der Waals surface area contributed by atoms with Gasteiger partial charge in [0.25, 0.3) is 0 Å². The second-order valence-corrected chi connectivity index (χ2v) is 2.16. The van der Waals surface area contributed by atoms with E-state index in [1.807, 2.05) is 0 Å². The summed E-state index contributed by atoms with van der Waals surface area (Å²) in [5.74, 6) is -2.46. The summed E-state index contributed by atoms with van der Waals surface area (Å²) in [4.78, 5) is 20.9. The third kappa shape index (κ3) is 2.60. The smallest absolute Gasteiger partial charge is 0.336 e. The van der Waals surface area contributed by atoms with E-state index >= 15 is 0 Å². The van der Waals surface area contributed by atoms with Gasteiger partial charge in [0.05, 0.1) is 11.1 Å². The van der Waals surface area contributed by atoms with Crippen LogP contribution in [0.4, 0.5) is 0 Å². The molecule has 0 saturated carbocycles. The number of nitrogens with zero attached hydrogens (tertiary/aromatic N) is 1. The van der Waals surface area contributed by atoms with Crippen LogP contribution >= 0.6 is 0 Å². The molecule has 0 spiro atoms. The van der Waals surface area contributed by atoms with Crippen LogP contribution in [0.5, 0.6) is 0 Å². The Hall–Kier alpha value is -2.35. The van der Waals surface area contributed by atoms with Crippen molar-refractivity contribution in [2.45, 2.75) is 0 Å². The summed E-state index contributed by atoms with van der Waals surface area (Å²) in [7, 11) is 0. The van der Waals surface area contributed by atoms with Gasteiger partial charge in [0, 0.05) is 6.57 Å². The first-order valence-corrected chi connectivity index (χ1v) is 3.44. The van der Waals surface area contributed by atoms with Crippen LogP contribution < -0.4 is 0 Å². The van der Waals surface area contributed by atoms with E-state index in [4.69, 9.17) is 15.5 Å². The number of hydrogen-bond acceptors (Lipinski definition) is 3. The molecular formula is C9H7NO4. The fourth-order valence-corrected chi connectivity index (χ4v) is 0.856. The molecule has 0 unspecified atom stereocenters. The van der Waals surface area contributed by atoms with E-state index in [0.717, 1.165) is 0 Å². The molecule has 1 rings (SSSR count). The van der Waals surface area contributed by atoms with E-state index in [-0.39, 0.29) is 11.1 Å². The summed E-state index contributed by atoms with van der Waals surface area (Å²) in [6, 6.07) is 5.48. The Bertz CT molecular complexity index is 337. The highest BCUT2D eigenvalue weighted by Gasteiger charge is 2.13. The Kier molecular flexibility index (Phi) is 4.43. The van der Waals surface area contributed by atoms with Crippen molar-refractivity contribution < 1.29 is 19.8 Å². The van der Waals surface area contributed by atoms with Gasteiger partial charge in [-0.1, -0.05) is 12.1 Å². The number of carboxylic acid groups (broad SMARTS) is 2. The summed E-state index contributed by atoms with van der Waals surface area (Å²) in [5, 5.41) is 23.6. The standard InChI is InChI=1S/C8H6O4.CHN/c9-7(10)5-3-1-2-4-6(5)8(11)12;1-2/h1-4H,(H,9,10)(H,11,12);1H. The van der Waals surface area contributed by atoms with Crippen molar-refractivity contribution in [1.82, 2.24) is 0 Å². The number of nitriles is 1. The van der Waals surface area contributed by atoms with Crippen molar-refractivity contribution in [1.29, 1.82) is 5.26 Å². The quantitative estimate of drug-likeness (QED) is 0.735. The molecule has 0 aliphatic heterocycles. The number of hydrogen-bond donors (Lipinski definition) is 2. The largest absolute Gasteiger partial charge is 0.478 e. The number of aromatic carboxylic acids is 2. The Morgan fingerprint density at radius 3 is 1.50 bits per heavy atom. The summed E-state index contributed by atoms with van der Waals surface area (Å²) >= 11 is 0. The third-order valence-corrected chi connectivity index (χ3v) is 1.39. The molecule has 14 heavy (non-hydrogen) atoms. The molecule has 0 aliphatic rings. The minimum Gasteiger partial charge on any atom is -0.478 e. The Morgan fingerprint density at radius 1 is 1.00 bits per heavy atom. The Balaban J connectivity index is 0.000000791. The van der Waals surface area contributed by atoms with Crippen molar-refractivity contribution in [3.05, 3.63) is 35.4 Å². The van der Waals surface area contributed by atoms with Gasteiger partial charge in [-0.2, -0.15) is 0 Å². The topological polar surface area (TPSA) is 98.4 Å².